The maximum Gasteiger partial charge on any atom is 0.255 e. The van der Waals surface area contributed by atoms with E-state index in [-0.39, 0.29) is 18.3 Å². The van der Waals surface area contributed by atoms with Crippen LogP contribution in [0.2, 0.25) is 0 Å². The van der Waals surface area contributed by atoms with Gasteiger partial charge in [0.15, 0.2) is 0 Å². The lowest BCUT2D eigenvalue weighted by Crippen LogP contribution is -2.42. The Kier molecular flexibility index (Phi) is 4.20. The van der Waals surface area contributed by atoms with Gasteiger partial charge in [-0.25, -0.2) is 4.39 Å². The van der Waals surface area contributed by atoms with Gasteiger partial charge in [0, 0.05) is 12.1 Å². The van der Waals surface area contributed by atoms with Crippen molar-refractivity contribution in [2.45, 2.75) is 26.1 Å². The van der Waals surface area contributed by atoms with E-state index in [0.717, 1.165) is 11.1 Å². The van der Waals surface area contributed by atoms with Crippen molar-refractivity contribution in [3.63, 3.8) is 0 Å². The largest absolute Gasteiger partial charge is 0.489 e. The van der Waals surface area contributed by atoms with Gasteiger partial charge in [0.1, 0.15) is 24.2 Å². The summed E-state index contributed by atoms with van der Waals surface area (Å²) in [5, 5.41) is 0. The van der Waals surface area contributed by atoms with Gasteiger partial charge in [-0.1, -0.05) is 12.1 Å². The van der Waals surface area contributed by atoms with Crippen molar-refractivity contribution < 1.29 is 18.7 Å². The molecular weight excluding hydrogens is 311 g/mol. The molecule has 1 atom stereocenters. The van der Waals surface area contributed by atoms with Crippen LogP contribution in [0.1, 0.15) is 28.4 Å². The molecular formula is C18H17FN2O3. The summed E-state index contributed by atoms with van der Waals surface area (Å²) in [5.74, 6) is -0.488. The highest BCUT2D eigenvalue weighted by Crippen LogP contribution is 2.28. The van der Waals surface area contributed by atoms with Crippen LogP contribution in [-0.2, 0) is 17.9 Å². The van der Waals surface area contributed by atoms with E-state index in [4.69, 9.17) is 10.5 Å². The molecule has 2 aromatic rings. The number of hydrogen-bond donors (Lipinski definition) is 1. The molecule has 0 aromatic heterocycles. The van der Waals surface area contributed by atoms with Crippen molar-refractivity contribution in [2.24, 2.45) is 5.73 Å². The van der Waals surface area contributed by atoms with Crippen LogP contribution in [0.4, 0.5) is 4.39 Å². The van der Waals surface area contributed by atoms with Crippen molar-refractivity contribution in [3.8, 4) is 5.75 Å². The number of nitrogens with zero attached hydrogens (tertiary/aromatic N) is 1. The van der Waals surface area contributed by atoms with E-state index < -0.39 is 11.9 Å². The highest BCUT2D eigenvalue weighted by molar-refractivity contribution is 6.01. The van der Waals surface area contributed by atoms with E-state index in [2.05, 4.69) is 0 Å². The molecule has 1 aliphatic heterocycles. The lowest BCUT2D eigenvalue weighted by Gasteiger charge is -2.20. The number of primary amides is 1. The molecule has 2 aromatic carbocycles. The standard InChI is InChI=1S/C18H17FN2O3/c1-11(17(20)22)21-9-13-8-15(5-6-16(13)18(21)23)24-10-12-3-2-4-14(19)7-12/h2-8,11H,9-10H2,1H3,(H2,20,22). The summed E-state index contributed by atoms with van der Waals surface area (Å²) in [5.41, 5.74) is 7.32. The summed E-state index contributed by atoms with van der Waals surface area (Å²) < 4.78 is 18.8. The van der Waals surface area contributed by atoms with Crippen LogP contribution in [-0.4, -0.2) is 22.8 Å². The van der Waals surface area contributed by atoms with E-state index in [9.17, 15) is 14.0 Å². The Labute approximate surface area is 138 Å². The highest BCUT2D eigenvalue weighted by Gasteiger charge is 2.33. The first-order valence-electron chi connectivity index (χ1n) is 7.56. The van der Waals surface area contributed by atoms with Gasteiger partial charge in [-0.3, -0.25) is 9.59 Å². The second-order valence-electron chi connectivity index (χ2n) is 5.75. The van der Waals surface area contributed by atoms with Crippen molar-refractivity contribution >= 4 is 11.8 Å². The summed E-state index contributed by atoms with van der Waals surface area (Å²) >= 11 is 0. The Hall–Kier alpha value is -2.89. The van der Waals surface area contributed by atoms with Crippen molar-refractivity contribution in [1.82, 2.24) is 4.90 Å². The van der Waals surface area contributed by atoms with E-state index in [1.807, 2.05) is 0 Å². The normalized spacial score (nSPS) is 14.4. The number of amides is 2. The van der Waals surface area contributed by atoms with Gasteiger partial charge in [0.25, 0.3) is 5.91 Å². The highest BCUT2D eigenvalue weighted by atomic mass is 19.1. The summed E-state index contributed by atoms with van der Waals surface area (Å²) in [6.07, 6.45) is 0. The molecule has 1 heterocycles. The Morgan fingerprint density at radius 3 is 2.83 bits per heavy atom. The van der Waals surface area contributed by atoms with Crippen LogP contribution in [0.3, 0.4) is 0 Å². The van der Waals surface area contributed by atoms with Crippen LogP contribution < -0.4 is 10.5 Å². The Morgan fingerprint density at radius 1 is 1.33 bits per heavy atom. The topological polar surface area (TPSA) is 72.6 Å². The van der Waals surface area contributed by atoms with Gasteiger partial charge in [0.05, 0.1) is 0 Å². The van der Waals surface area contributed by atoms with E-state index in [1.54, 1.807) is 37.3 Å². The molecule has 3 rings (SSSR count). The van der Waals surface area contributed by atoms with Crippen molar-refractivity contribution in [1.29, 1.82) is 0 Å². The predicted octanol–water partition coefficient (Wildman–Crippen LogP) is 2.23. The van der Waals surface area contributed by atoms with Gasteiger partial charge in [0.2, 0.25) is 5.91 Å². The number of nitrogens with two attached hydrogens (primary N) is 1. The van der Waals surface area contributed by atoms with Crippen LogP contribution >= 0.6 is 0 Å². The minimum Gasteiger partial charge on any atom is -0.489 e. The number of ether oxygens (including phenoxy) is 1. The summed E-state index contributed by atoms with van der Waals surface area (Å²) in [6.45, 7) is 2.15. The molecule has 0 saturated carbocycles. The number of carbonyl (C=O) groups excluding carboxylic acids is 2. The molecule has 124 valence electrons. The number of halogens is 1. The molecule has 6 heteroatoms. The second kappa shape index (κ2) is 6.31. The first-order chi connectivity index (χ1) is 11.5. The fourth-order valence-corrected chi connectivity index (χ4v) is 2.67. The number of fused-ring (bicyclic) bond motifs is 1. The quantitative estimate of drug-likeness (QED) is 0.915. The zero-order valence-corrected chi connectivity index (χ0v) is 13.2. The Balaban J connectivity index is 1.73. The molecule has 0 radical (unpaired) electrons. The Bertz CT molecular complexity index is 807. The summed E-state index contributed by atoms with van der Waals surface area (Å²) in [7, 11) is 0. The van der Waals surface area contributed by atoms with Crippen LogP contribution in [0, 0.1) is 5.82 Å². The molecule has 24 heavy (non-hydrogen) atoms. The number of hydrogen-bond acceptors (Lipinski definition) is 3. The molecule has 0 spiro atoms. The van der Waals surface area contributed by atoms with Crippen LogP contribution in [0.15, 0.2) is 42.5 Å². The summed E-state index contributed by atoms with van der Waals surface area (Å²) in [6, 6.07) is 10.6. The molecule has 5 nitrogen and oxygen atoms in total. The zero-order chi connectivity index (χ0) is 17.3. The third kappa shape index (κ3) is 3.08. The maximum absolute atomic E-state index is 13.2. The average Bonchev–Trinajstić information content (AvgIpc) is 2.88. The molecule has 2 N–H and O–H groups in total. The molecule has 0 bridgehead atoms. The second-order valence-corrected chi connectivity index (χ2v) is 5.75. The molecule has 0 fully saturated rings. The van der Waals surface area contributed by atoms with Gasteiger partial charge < -0.3 is 15.4 Å². The van der Waals surface area contributed by atoms with Gasteiger partial charge in [-0.15, -0.1) is 0 Å². The molecule has 2 amide bonds. The summed E-state index contributed by atoms with van der Waals surface area (Å²) in [4.78, 5) is 25.1. The SMILES string of the molecule is CC(C(N)=O)N1Cc2cc(OCc3cccc(F)c3)ccc2C1=O. The average molecular weight is 328 g/mol. The maximum atomic E-state index is 13.2. The minimum absolute atomic E-state index is 0.215. The predicted molar refractivity (Wildman–Crippen MR) is 85.7 cm³/mol. The first-order valence-corrected chi connectivity index (χ1v) is 7.56. The van der Waals surface area contributed by atoms with Gasteiger partial charge in [-0.05, 0) is 48.4 Å². The fourth-order valence-electron chi connectivity index (χ4n) is 2.67. The zero-order valence-electron chi connectivity index (χ0n) is 13.2. The molecule has 0 aliphatic carbocycles. The molecule has 0 saturated heterocycles. The third-order valence-corrected chi connectivity index (χ3v) is 4.08. The lowest BCUT2D eigenvalue weighted by molar-refractivity contribution is -0.122. The van der Waals surface area contributed by atoms with Crippen molar-refractivity contribution in [3.05, 3.63) is 65.0 Å². The lowest BCUT2D eigenvalue weighted by atomic mass is 10.1. The monoisotopic (exact) mass is 328 g/mol. The Morgan fingerprint density at radius 2 is 2.12 bits per heavy atom. The van der Waals surface area contributed by atoms with E-state index >= 15 is 0 Å². The van der Waals surface area contributed by atoms with E-state index in [0.29, 0.717) is 17.9 Å². The molecule has 1 aliphatic rings. The number of carbonyl (C=O) groups is 2. The van der Waals surface area contributed by atoms with Gasteiger partial charge in [-0.2, -0.15) is 0 Å². The van der Waals surface area contributed by atoms with Crippen LogP contribution in [0.5, 0.6) is 5.75 Å². The van der Waals surface area contributed by atoms with Crippen molar-refractivity contribution in [2.75, 3.05) is 0 Å². The first kappa shape index (κ1) is 16.0. The number of rotatable bonds is 5. The fraction of sp³-hybridized carbons (Fsp3) is 0.222. The number of benzene rings is 2. The van der Waals surface area contributed by atoms with Gasteiger partial charge >= 0.3 is 0 Å². The van der Waals surface area contributed by atoms with E-state index in [1.165, 1.54) is 17.0 Å². The molecule has 1 unspecified atom stereocenters. The smallest absolute Gasteiger partial charge is 0.255 e. The minimum atomic E-state index is -0.665. The van der Waals surface area contributed by atoms with Crippen LogP contribution in [0.25, 0.3) is 0 Å². The third-order valence-electron chi connectivity index (χ3n) is 4.08.